The zero-order valence-corrected chi connectivity index (χ0v) is 17.2. The highest BCUT2D eigenvalue weighted by Gasteiger charge is 2.40. The first-order chi connectivity index (χ1) is 15.4. The number of fused-ring (bicyclic) bond motifs is 1. The van der Waals surface area contributed by atoms with Gasteiger partial charge in [-0.3, -0.25) is 9.59 Å². The molecule has 9 nitrogen and oxygen atoms in total. The van der Waals surface area contributed by atoms with E-state index >= 15 is 0 Å². The van der Waals surface area contributed by atoms with Crippen molar-refractivity contribution in [3.8, 4) is 0 Å². The Hall–Kier alpha value is -3.85. The van der Waals surface area contributed by atoms with Crippen molar-refractivity contribution < 1.29 is 24.2 Å². The number of H-pyrrole nitrogens is 1. The van der Waals surface area contributed by atoms with E-state index < -0.39 is 30.4 Å². The minimum absolute atomic E-state index is 0.108. The maximum Gasteiger partial charge on any atom is 0.507 e. The summed E-state index contributed by atoms with van der Waals surface area (Å²) in [4.78, 5) is 41.2. The van der Waals surface area contributed by atoms with E-state index in [9.17, 15) is 14.4 Å². The number of aromatic nitrogens is 1. The Bertz CT molecular complexity index is 1130. The number of amides is 2. The molecule has 9 heteroatoms. The average molecular weight is 436 g/mol. The van der Waals surface area contributed by atoms with Crippen LogP contribution in [0.15, 0.2) is 60.8 Å². The van der Waals surface area contributed by atoms with Crippen molar-refractivity contribution in [3.05, 3.63) is 71.9 Å². The van der Waals surface area contributed by atoms with Crippen molar-refractivity contribution in [1.29, 1.82) is 0 Å². The number of nitrogens with zero attached hydrogens (tertiary/aromatic N) is 1. The Morgan fingerprint density at radius 1 is 1.16 bits per heavy atom. The van der Waals surface area contributed by atoms with Gasteiger partial charge in [0, 0.05) is 35.6 Å². The van der Waals surface area contributed by atoms with Gasteiger partial charge in [-0.25, -0.2) is 4.79 Å². The Kier molecular flexibility index (Phi) is 6.09. The third-order valence-electron chi connectivity index (χ3n) is 5.57. The van der Waals surface area contributed by atoms with Gasteiger partial charge in [0.05, 0.1) is 12.1 Å². The third-order valence-corrected chi connectivity index (χ3v) is 5.57. The summed E-state index contributed by atoms with van der Waals surface area (Å²) in [6.07, 6.45) is -0.268. The number of hydrogen-bond acceptors (Lipinski definition) is 5. The first-order valence-corrected chi connectivity index (χ1v) is 10.3. The largest absolute Gasteiger partial charge is 0.507 e. The molecule has 0 aliphatic carbocycles. The lowest BCUT2D eigenvalue weighted by atomic mass is 10.0. The van der Waals surface area contributed by atoms with Crippen LogP contribution >= 0.6 is 0 Å². The van der Waals surface area contributed by atoms with E-state index in [1.807, 2.05) is 30.5 Å². The van der Waals surface area contributed by atoms with Gasteiger partial charge in [-0.15, -0.1) is 0 Å². The summed E-state index contributed by atoms with van der Waals surface area (Å²) < 4.78 is 4.93. The lowest BCUT2D eigenvalue weighted by molar-refractivity contribution is -0.140. The second-order valence-electron chi connectivity index (χ2n) is 7.77. The number of likely N-dealkylation sites (tertiary alicyclic amines) is 1. The van der Waals surface area contributed by atoms with Crippen molar-refractivity contribution in [2.24, 2.45) is 5.73 Å². The van der Waals surface area contributed by atoms with Gasteiger partial charge in [0.25, 0.3) is 5.91 Å². The number of rotatable bonds is 6. The van der Waals surface area contributed by atoms with Crippen molar-refractivity contribution in [1.82, 2.24) is 15.2 Å². The molecule has 1 saturated heterocycles. The molecule has 2 aromatic carbocycles. The van der Waals surface area contributed by atoms with Crippen LogP contribution in [0.25, 0.3) is 10.9 Å². The van der Waals surface area contributed by atoms with Gasteiger partial charge in [-0.05, 0) is 30.2 Å². The monoisotopic (exact) mass is 436 g/mol. The van der Waals surface area contributed by atoms with Gasteiger partial charge in [0.1, 0.15) is 0 Å². The second-order valence-corrected chi connectivity index (χ2v) is 7.77. The van der Waals surface area contributed by atoms with Crippen LogP contribution in [0.4, 0.5) is 4.79 Å². The molecular formula is C23H24N4O5. The number of carbonyl (C=O) groups is 3. The average Bonchev–Trinajstić information content (AvgIpc) is 3.37. The SMILES string of the molecule is NC(Cc1c[nH]c2ccccc12)C(=O)N1C[C@H](NC(=O)c2ccccc2)C[C@@H]1OC(=O)O. The Balaban J connectivity index is 1.46. The van der Waals surface area contributed by atoms with E-state index in [0.29, 0.717) is 5.56 Å². The molecule has 0 bridgehead atoms. The normalized spacial score (nSPS) is 19.0. The fourth-order valence-corrected chi connectivity index (χ4v) is 4.06. The van der Waals surface area contributed by atoms with Crippen LogP contribution in [-0.2, 0) is 16.0 Å². The van der Waals surface area contributed by atoms with Crippen molar-refractivity contribution in [3.63, 3.8) is 0 Å². The highest BCUT2D eigenvalue weighted by Crippen LogP contribution is 2.23. The fourth-order valence-electron chi connectivity index (χ4n) is 4.06. The first kappa shape index (κ1) is 21.4. The van der Waals surface area contributed by atoms with Crippen molar-refractivity contribution in [2.45, 2.75) is 31.2 Å². The van der Waals surface area contributed by atoms with Gasteiger partial charge in [-0.1, -0.05) is 36.4 Å². The predicted molar refractivity (Wildman–Crippen MR) is 117 cm³/mol. The van der Waals surface area contributed by atoms with Crippen LogP contribution in [0.2, 0.25) is 0 Å². The van der Waals surface area contributed by atoms with E-state index in [0.717, 1.165) is 16.5 Å². The van der Waals surface area contributed by atoms with E-state index in [-0.39, 0.29) is 25.3 Å². The zero-order chi connectivity index (χ0) is 22.7. The van der Waals surface area contributed by atoms with Crippen LogP contribution < -0.4 is 11.1 Å². The van der Waals surface area contributed by atoms with E-state index in [1.165, 1.54) is 4.90 Å². The smallest absolute Gasteiger partial charge is 0.450 e. The predicted octanol–water partition coefficient (Wildman–Crippen LogP) is 2.09. The highest BCUT2D eigenvalue weighted by molar-refractivity contribution is 5.94. The lowest BCUT2D eigenvalue weighted by Crippen LogP contribution is -2.48. The number of nitrogens with one attached hydrogen (secondary N) is 2. The summed E-state index contributed by atoms with van der Waals surface area (Å²) in [5.41, 5.74) is 8.53. The van der Waals surface area contributed by atoms with Crippen LogP contribution in [0, 0.1) is 0 Å². The van der Waals surface area contributed by atoms with Gasteiger partial charge in [0.2, 0.25) is 5.91 Å². The molecule has 5 N–H and O–H groups in total. The maximum atomic E-state index is 13.1. The number of ether oxygens (including phenoxy) is 1. The molecule has 4 rings (SSSR count). The van der Waals surface area contributed by atoms with E-state index in [2.05, 4.69) is 10.3 Å². The molecule has 1 unspecified atom stereocenters. The number of carbonyl (C=O) groups excluding carboxylic acids is 2. The molecule has 2 heterocycles. The summed E-state index contributed by atoms with van der Waals surface area (Å²) in [5, 5.41) is 12.9. The summed E-state index contributed by atoms with van der Waals surface area (Å²) in [7, 11) is 0. The Morgan fingerprint density at radius 2 is 1.88 bits per heavy atom. The lowest BCUT2D eigenvalue weighted by Gasteiger charge is -2.26. The molecule has 1 aliphatic rings. The summed E-state index contributed by atoms with van der Waals surface area (Å²) >= 11 is 0. The van der Waals surface area contributed by atoms with Gasteiger partial charge in [0.15, 0.2) is 6.23 Å². The quantitative estimate of drug-likeness (QED) is 0.437. The van der Waals surface area contributed by atoms with Gasteiger partial charge in [-0.2, -0.15) is 0 Å². The van der Waals surface area contributed by atoms with Crippen LogP contribution in [0.5, 0.6) is 0 Å². The number of carboxylic acid groups (broad SMARTS) is 1. The highest BCUT2D eigenvalue weighted by atomic mass is 16.7. The molecular weight excluding hydrogens is 412 g/mol. The number of hydrogen-bond donors (Lipinski definition) is 4. The Morgan fingerprint density at radius 3 is 2.62 bits per heavy atom. The fraction of sp³-hybridized carbons (Fsp3) is 0.261. The standard InChI is InChI=1S/C23H24N4O5/c24-18(10-15-12-25-19-9-5-4-8-17(15)19)22(29)27-13-16(11-20(27)32-23(30)31)26-21(28)14-6-2-1-3-7-14/h1-9,12,16,18,20,25H,10-11,13,24H2,(H,26,28)(H,30,31)/t16-,18?,20+/m1/s1. The minimum atomic E-state index is -1.49. The molecule has 0 radical (unpaired) electrons. The van der Waals surface area contributed by atoms with Crippen molar-refractivity contribution in [2.75, 3.05) is 6.54 Å². The number of nitrogens with two attached hydrogens (primary N) is 1. The molecule has 1 aliphatic heterocycles. The second kappa shape index (κ2) is 9.11. The molecule has 166 valence electrons. The summed E-state index contributed by atoms with van der Waals surface area (Å²) in [6.45, 7) is 0.108. The molecule has 0 spiro atoms. The van der Waals surface area contributed by atoms with Gasteiger partial charge < -0.3 is 30.8 Å². The number of para-hydroxylation sites is 1. The zero-order valence-electron chi connectivity index (χ0n) is 17.2. The molecule has 0 saturated carbocycles. The maximum absolute atomic E-state index is 13.1. The summed E-state index contributed by atoms with van der Waals surface area (Å²) in [6, 6.07) is 15.0. The minimum Gasteiger partial charge on any atom is -0.450 e. The molecule has 3 aromatic rings. The topological polar surface area (TPSA) is 138 Å². The van der Waals surface area contributed by atoms with E-state index in [1.54, 1.807) is 30.3 Å². The van der Waals surface area contributed by atoms with Crippen LogP contribution in [0.3, 0.4) is 0 Å². The number of aromatic amines is 1. The molecule has 2 amide bonds. The Labute approximate surface area is 184 Å². The van der Waals surface area contributed by atoms with Gasteiger partial charge >= 0.3 is 6.16 Å². The molecule has 3 atom stereocenters. The van der Waals surface area contributed by atoms with E-state index in [4.69, 9.17) is 15.6 Å². The third kappa shape index (κ3) is 4.57. The van der Waals surface area contributed by atoms with Crippen molar-refractivity contribution >= 4 is 28.9 Å². The van der Waals surface area contributed by atoms with Crippen LogP contribution in [0.1, 0.15) is 22.3 Å². The van der Waals surface area contributed by atoms with Crippen LogP contribution in [-0.4, -0.2) is 57.8 Å². The number of benzene rings is 2. The molecule has 1 fully saturated rings. The molecule has 1 aromatic heterocycles. The first-order valence-electron chi connectivity index (χ1n) is 10.3. The molecule has 32 heavy (non-hydrogen) atoms. The summed E-state index contributed by atoms with van der Waals surface area (Å²) in [5.74, 6) is -0.736.